The number of piperazine rings is 1. The van der Waals surface area contributed by atoms with Gasteiger partial charge in [-0.05, 0) is 43.0 Å². The third-order valence-electron chi connectivity index (χ3n) is 8.37. The summed E-state index contributed by atoms with van der Waals surface area (Å²) < 4.78 is 0. The van der Waals surface area contributed by atoms with Gasteiger partial charge in [-0.2, -0.15) is 10.4 Å². The van der Waals surface area contributed by atoms with Gasteiger partial charge in [-0.3, -0.25) is 9.69 Å². The second-order valence-corrected chi connectivity index (χ2v) is 10.7. The molecule has 2 bridgehead atoms. The molecule has 2 aromatic rings. The Labute approximate surface area is 221 Å². The molecule has 9 nitrogen and oxygen atoms in total. The molecule has 6 aliphatic rings. The summed E-state index contributed by atoms with van der Waals surface area (Å²) in [7, 11) is 0. The van der Waals surface area contributed by atoms with Crippen molar-refractivity contribution >= 4 is 17.6 Å². The molecule has 2 atom stereocenters. The number of anilines is 1. The van der Waals surface area contributed by atoms with Crippen LogP contribution in [0.5, 0.6) is 0 Å². The van der Waals surface area contributed by atoms with Crippen LogP contribution in [0, 0.1) is 11.3 Å². The number of aromatic amines is 1. The van der Waals surface area contributed by atoms with Gasteiger partial charge >= 0.3 is 0 Å². The van der Waals surface area contributed by atoms with E-state index in [9.17, 15) is 10.1 Å². The number of fused-ring (bicyclic) bond motifs is 3. The molecule has 0 spiro atoms. The largest absolute Gasteiger partial charge is 0.370 e. The molecule has 0 aromatic carbocycles. The van der Waals surface area contributed by atoms with Crippen LogP contribution in [-0.2, 0) is 6.54 Å². The number of nitrogens with zero attached hydrogens (tertiary/aromatic N) is 7. The first-order chi connectivity index (χ1) is 18.7. The number of H-pyrrole nitrogens is 1. The van der Waals surface area contributed by atoms with Gasteiger partial charge in [0.1, 0.15) is 5.82 Å². The van der Waals surface area contributed by atoms with E-state index in [1.165, 1.54) is 19.3 Å². The number of piperidine rings is 1. The van der Waals surface area contributed by atoms with Crippen LogP contribution < -0.4 is 10.5 Å². The van der Waals surface area contributed by atoms with Gasteiger partial charge in [0.05, 0.1) is 29.2 Å². The maximum atomic E-state index is 11.4. The minimum atomic E-state index is -0.0606. The molecule has 38 heavy (non-hydrogen) atoms. The summed E-state index contributed by atoms with van der Waals surface area (Å²) in [5.74, 6) is 0.992. The van der Waals surface area contributed by atoms with Crippen LogP contribution in [-0.4, -0.2) is 69.3 Å². The fourth-order valence-electron chi connectivity index (χ4n) is 6.36. The standard InChI is InChI=1S/C29H30N8O/c30-13-21-7-8-33-37-19-23(34-9-1-2-10-34)12-26(29(21)37)22-4-5-27(31-15-22)35-17-24-11-25(18-35)36(24)16-20-3-6-28(38)32-14-20/h3-6,8,12,14-15,19,24-25H,1-2,7,9-11,16-18H2,(H,32,38). The van der Waals surface area contributed by atoms with Crippen LogP contribution in [0.1, 0.15) is 36.8 Å². The molecule has 6 aliphatic heterocycles. The van der Waals surface area contributed by atoms with E-state index < -0.39 is 0 Å². The summed E-state index contributed by atoms with van der Waals surface area (Å²) in [6, 6.07) is 11.2. The number of hydrazone groups is 1. The van der Waals surface area contributed by atoms with E-state index in [0.717, 1.165) is 72.2 Å². The number of allylic oxidation sites excluding steroid dienone is 3. The van der Waals surface area contributed by atoms with Crippen LogP contribution in [0.4, 0.5) is 5.82 Å². The minimum Gasteiger partial charge on any atom is -0.370 e. The Morgan fingerprint density at radius 1 is 1.08 bits per heavy atom. The van der Waals surface area contributed by atoms with E-state index in [1.54, 1.807) is 6.07 Å². The van der Waals surface area contributed by atoms with E-state index in [4.69, 9.17) is 4.98 Å². The van der Waals surface area contributed by atoms with Crippen LogP contribution >= 0.6 is 0 Å². The average molecular weight is 507 g/mol. The van der Waals surface area contributed by atoms with Crippen molar-refractivity contribution in [1.82, 2.24) is 24.8 Å². The Kier molecular flexibility index (Phi) is 5.63. The molecule has 8 heterocycles. The van der Waals surface area contributed by atoms with Crippen LogP contribution in [0.15, 0.2) is 75.8 Å². The Hall–Kier alpha value is -4.16. The lowest BCUT2D eigenvalue weighted by atomic mass is 9.87. The molecule has 0 radical (unpaired) electrons. The lowest BCUT2D eigenvalue weighted by molar-refractivity contribution is -0.00876. The zero-order valence-corrected chi connectivity index (χ0v) is 21.3. The quantitative estimate of drug-likeness (QED) is 0.666. The second-order valence-electron chi connectivity index (χ2n) is 10.7. The van der Waals surface area contributed by atoms with Crippen molar-refractivity contribution in [2.45, 2.75) is 44.3 Å². The molecule has 9 heteroatoms. The molecule has 0 aliphatic carbocycles. The Balaban J connectivity index is 1.10. The first-order valence-electron chi connectivity index (χ1n) is 13.4. The van der Waals surface area contributed by atoms with E-state index in [0.29, 0.717) is 18.5 Å². The van der Waals surface area contributed by atoms with Crippen molar-refractivity contribution in [3.05, 3.63) is 87.4 Å². The topological polar surface area (TPSA) is 94.9 Å². The van der Waals surface area contributed by atoms with Crippen LogP contribution in [0.3, 0.4) is 0 Å². The summed E-state index contributed by atoms with van der Waals surface area (Å²) in [5, 5.41) is 16.3. The Bertz CT molecular complexity index is 1440. The molecular formula is C29H30N8O. The van der Waals surface area contributed by atoms with Crippen LogP contribution in [0.25, 0.3) is 5.57 Å². The van der Waals surface area contributed by atoms with Crippen molar-refractivity contribution in [2.75, 3.05) is 31.1 Å². The molecule has 2 unspecified atom stereocenters. The van der Waals surface area contributed by atoms with Gasteiger partial charge < -0.3 is 14.8 Å². The van der Waals surface area contributed by atoms with Gasteiger partial charge in [0, 0.05) is 87.0 Å². The van der Waals surface area contributed by atoms with Crippen molar-refractivity contribution in [3.8, 4) is 6.07 Å². The molecule has 192 valence electrons. The molecule has 0 saturated carbocycles. The highest BCUT2D eigenvalue weighted by Crippen LogP contribution is 2.39. The predicted molar refractivity (Wildman–Crippen MR) is 146 cm³/mol. The van der Waals surface area contributed by atoms with E-state index in [-0.39, 0.29) is 5.56 Å². The Morgan fingerprint density at radius 2 is 1.92 bits per heavy atom. The smallest absolute Gasteiger partial charge is 0.247 e. The normalized spacial score (nSPS) is 24.6. The van der Waals surface area contributed by atoms with Crippen molar-refractivity contribution in [1.29, 1.82) is 5.26 Å². The number of likely N-dealkylation sites (tertiary alicyclic amines) is 1. The van der Waals surface area contributed by atoms with Gasteiger partial charge in [-0.15, -0.1) is 0 Å². The molecule has 4 saturated heterocycles. The third-order valence-corrected chi connectivity index (χ3v) is 8.37. The molecular weight excluding hydrogens is 476 g/mol. The average Bonchev–Trinajstić information content (AvgIpc) is 3.51. The fraction of sp³-hybridized carbons (Fsp3) is 0.379. The molecule has 0 amide bonds. The first kappa shape index (κ1) is 23.0. The molecule has 2 aromatic heterocycles. The van der Waals surface area contributed by atoms with E-state index >= 15 is 0 Å². The summed E-state index contributed by atoms with van der Waals surface area (Å²) >= 11 is 0. The van der Waals surface area contributed by atoms with Gasteiger partial charge in [0.25, 0.3) is 0 Å². The maximum absolute atomic E-state index is 11.4. The Morgan fingerprint density at radius 3 is 2.63 bits per heavy atom. The number of rotatable bonds is 5. The lowest BCUT2D eigenvalue weighted by Gasteiger charge is -2.56. The highest BCUT2D eigenvalue weighted by atomic mass is 16.1. The number of nitrogens with one attached hydrogen (secondary N) is 1. The third kappa shape index (κ3) is 4.02. The molecule has 8 rings (SSSR count). The summed E-state index contributed by atoms with van der Waals surface area (Å²) in [6.07, 6.45) is 14.0. The maximum Gasteiger partial charge on any atom is 0.247 e. The number of nitriles is 1. The number of pyridine rings is 2. The lowest BCUT2D eigenvalue weighted by Crippen LogP contribution is -2.68. The predicted octanol–water partition coefficient (Wildman–Crippen LogP) is 3.04. The van der Waals surface area contributed by atoms with E-state index in [1.807, 2.05) is 29.7 Å². The summed E-state index contributed by atoms with van der Waals surface area (Å²) in [5.41, 5.74) is 5.83. The monoisotopic (exact) mass is 506 g/mol. The first-order valence-corrected chi connectivity index (χ1v) is 13.4. The van der Waals surface area contributed by atoms with E-state index in [2.05, 4.69) is 55.3 Å². The van der Waals surface area contributed by atoms with Crippen molar-refractivity contribution in [3.63, 3.8) is 0 Å². The molecule has 1 N–H and O–H groups in total. The zero-order valence-electron chi connectivity index (χ0n) is 21.3. The minimum absolute atomic E-state index is 0.0606. The van der Waals surface area contributed by atoms with Crippen molar-refractivity contribution < 1.29 is 0 Å². The highest BCUT2D eigenvalue weighted by molar-refractivity contribution is 5.85. The van der Waals surface area contributed by atoms with Crippen molar-refractivity contribution in [2.24, 2.45) is 5.10 Å². The van der Waals surface area contributed by atoms with Gasteiger partial charge in [-0.1, -0.05) is 6.07 Å². The number of aromatic nitrogens is 2. The molecule has 4 fully saturated rings. The number of hydrogen-bond acceptors (Lipinski definition) is 8. The van der Waals surface area contributed by atoms with Gasteiger partial charge in [0.2, 0.25) is 5.56 Å². The zero-order chi connectivity index (χ0) is 25.6. The summed E-state index contributed by atoms with van der Waals surface area (Å²) in [6.45, 7) is 4.85. The second kappa shape index (κ2) is 9.30. The summed E-state index contributed by atoms with van der Waals surface area (Å²) in [4.78, 5) is 26.4. The van der Waals surface area contributed by atoms with Gasteiger partial charge in [0.15, 0.2) is 0 Å². The van der Waals surface area contributed by atoms with Crippen LogP contribution in [0.2, 0.25) is 0 Å². The highest BCUT2D eigenvalue weighted by Gasteiger charge is 2.44. The van der Waals surface area contributed by atoms with Gasteiger partial charge in [-0.25, -0.2) is 9.99 Å². The SMILES string of the molecule is N#CC1=C2C(c3ccc(N4CC5CC(C4)N5Cc4ccc(=O)[nH]c4)nc3)=CC(N3CCCC3)=CN2N=CC1. The fourth-order valence-corrected chi connectivity index (χ4v) is 6.36. The number of hydrogen-bond donors (Lipinski definition) is 1.